The number of cyclic esters (lactones) is 1. The van der Waals surface area contributed by atoms with Crippen LogP contribution in [0.1, 0.15) is 48.3 Å². The third-order valence-electron chi connectivity index (χ3n) is 4.35. The number of rotatable bonds is 1. The van der Waals surface area contributed by atoms with Crippen LogP contribution in [0.2, 0.25) is 0 Å². The number of ether oxygens (including phenoxy) is 1. The minimum atomic E-state index is -0.828. The first-order chi connectivity index (χ1) is 8.99. The van der Waals surface area contributed by atoms with Crippen molar-refractivity contribution in [2.24, 2.45) is 0 Å². The number of fused-ring (bicyclic) bond motifs is 2. The van der Waals surface area contributed by atoms with Crippen LogP contribution in [0.5, 0.6) is 0 Å². The summed E-state index contributed by atoms with van der Waals surface area (Å²) in [4.78, 5) is 36.2. The quantitative estimate of drug-likeness (QED) is 0.711. The minimum Gasteiger partial charge on any atom is -0.460 e. The Morgan fingerprint density at radius 3 is 2.79 bits per heavy atom. The fourth-order valence-electron chi connectivity index (χ4n) is 2.86. The second-order valence-electron chi connectivity index (χ2n) is 5.31. The van der Waals surface area contributed by atoms with E-state index in [0.29, 0.717) is 36.2 Å². The van der Waals surface area contributed by atoms with E-state index in [1.54, 1.807) is 13.0 Å². The first-order valence-corrected chi connectivity index (χ1v) is 6.46. The first kappa shape index (κ1) is 12.1. The van der Waals surface area contributed by atoms with Gasteiger partial charge in [-0.05, 0) is 25.0 Å². The fourth-order valence-corrected chi connectivity index (χ4v) is 2.86. The van der Waals surface area contributed by atoms with Crippen LogP contribution in [0.3, 0.4) is 0 Å². The van der Waals surface area contributed by atoms with E-state index in [0.717, 1.165) is 0 Å². The van der Waals surface area contributed by atoms with Crippen molar-refractivity contribution in [3.8, 4) is 0 Å². The minimum absolute atomic E-state index is 0.0110. The number of hydrogen-bond donors (Lipinski definition) is 0. The molecule has 0 saturated heterocycles. The van der Waals surface area contributed by atoms with Gasteiger partial charge in [0.05, 0.1) is 16.7 Å². The highest BCUT2D eigenvalue weighted by molar-refractivity contribution is 5.97. The van der Waals surface area contributed by atoms with Gasteiger partial charge in [-0.2, -0.15) is 0 Å². The summed E-state index contributed by atoms with van der Waals surface area (Å²) >= 11 is 0. The predicted octanol–water partition coefficient (Wildman–Crippen LogP) is 1.16. The summed E-state index contributed by atoms with van der Waals surface area (Å²) in [5.41, 5.74) is 0.592. The summed E-state index contributed by atoms with van der Waals surface area (Å²) in [5.74, 6) is -0.352. The Morgan fingerprint density at radius 2 is 2.11 bits per heavy atom. The van der Waals surface area contributed by atoms with Crippen molar-refractivity contribution in [1.29, 1.82) is 0 Å². The Balaban J connectivity index is 2.33. The van der Waals surface area contributed by atoms with Crippen LogP contribution in [0, 0.1) is 0 Å². The van der Waals surface area contributed by atoms with E-state index in [9.17, 15) is 14.4 Å². The number of carbonyl (C=O) groups excluding carboxylic acids is 2. The van der Waals surface area contributed by atoms with Gasteiger partial charge in [-0.25, -0.2) is 0 Å². The molecule has 19 heavy (non-hydrogen) atoms. The maximum atomic E-state index is 12.4. The topological polar surface area (TPSA) is 65.4 Å². The second kappa shape index (κ2) is 3.79. The predicted molar refractivity (Wildman–Crippen MR) is 67.1 cm³/mol. The lowest BCUT2D eigenvalue weighted by Crippen LogP contribution is -2.42. The van der Waals surface area contributed by atoms with Gasteiger partial charge >= 0.3 is 5.97 Å². The molecule has 5 nitrogen and oxygen atoms in total. The molecule has 2 aliphatic heterocycles. The summed E-state index contributed by atoms with van der Waals surface area (Å²) < 4.78 is 6.64. The van der Waals surface area contributed by atoms with Crippen molar-refractivity contribution in [3.05, 3.63) is 33.2 Å². The molecule has 0 radical (unpaired) electrons. The first-order valence-electron chi connectivity index (χ1n) is 6.46. The highest BCUT2D eigenvalue weighted by Gasteiger charge is 2.43. The number of ketones is 1. The van der Waals surface area contributed by atoms with Crippen molar-refractivity contribution >= 4 is 11.8 Å². The maximum Gasteiger partial charge on any atom is 0.316 e. The molecule has 0 aromatic carbocycles. The van der Waals surface area contributed by atoms with E-state index in [4.69, 9.17) is 4.74 Å². The average molecular weight is 261 g/mol. The number of Topliss-reactive ketones (excluding diaryl/α,β-unsaturated/α-hetero) is 1. The molecule has 100 valence electrons. The molecule has 1 aromatic rings. The highest BCUT2D eigenvalue weighted by Crippen LogP contribution is 2.36. The lowest BCUT2D eigenvalue weighted by Gasteiger charge is -2.33. The second-order valence-corrected chi connectivity index (χ2v) is 5.31. The largest absolute Gasteiger partial charge is 0.460 e. The third-order valence-corrected chi connectivity index (χ3v) is 4.35. The molecule has 0 saturated carbocycles. The molecule has 0 fully saturated rings. The van der Waals surface area contributed by atoms with Crippen molar-refractivity contribution in [3.63, 3.8) is 0 Å². The Labute approximate surface area is 110 Å². The van der Waals surface area contributed by atoms with Gasteiger partial charge in [-0.1, -0.05) is 6.92 Å². The van der Waals surface area contributed by atoms with Gasteiger partial charge in [0.25, 0.3) is 5.56 Å². The molecule has 0 bridgehead atoms. The normalized spacial score (nSPS) is 24.9. The Morgan fingerprint density at radius 1 is 1.37 bits per heavy atom. The standard InChI is InChI=1S/C14H15NO4/c1-3-14(2)9-6-10-11(16)4-5-15(10)12(17)8(9)7-19-13(14)18/h6H,3-5,7H2,1-2H3/t14-/m1/s1. The molecule has 1 atom stereocenters. The Kier molecular flexibility index (Phi) is 2.42. The number of esters is 1. The summed E-state index contributed by atoms with van der Waals surface area (Å²) in [6.07, 6.45) is 0.895. The Bertz CT molecular complexity index is 658. The number of carbonyl (C=O) groups is 2. The van der Waals surface area contributed by atoms with E-state index in [2.05, 4.69) is 0 Å². The van der Waals surface area contributed by atoms with Crippen LogP contribution in [0.4, 0.5) is 0 Å². The molecule has 3 rings (SSSR count). The number of pyridine rings is 1. The molecular formula is C14H15NO4. The highest BCUT2D eigenvalue weighted by atomic mass is 16.5. The van der Waals surface area contributed by atoms with Gasteiger partial charge in [0.2, 0.25) is 0 Å². The number of hydrogen-bond acceptors (Lipinski definition) is 4. The van der Waals surface area contributed by atoms with Crippen LogP contribution in [-0.2, 0) is 28.1 Å². The molecule has 0 unspecified atom stereocenters. The molecule has 0 spiro atoms. The monoisotopic (exact) mass is 261 g/mol. The van der Waals surface area contributed by atoms with Crippen molar-refractivity contribution in [2.75, 3.05) is 0 Å². The van der Waals surface area contributed by atoms with Crippen LogP contribution in [0.15, 0.2) is 10.9 Å². The molecule has 3 heterocycles. The summed E-state index contributed by atoms with van der Waals surface area (Å²) in [6.45, 7) is 4.08. The molecule has 5 heteroatoms. The van der Waals surface area contributed by atoms with Crippen molar-refractivity contribution in [2.45, 2.75) is 45.3 Å². The number of nitrogens with zero attached hydrogens (tertiary/aromatic N) is 1. The van der Waals surface area contributed by atoms with Crippen LogP contribution >= 0.6 is 0 Å². The SMILES string of the molecule is CC[C@@]1(C)C(=O)OCc2c1cc1n(c2=O)CCC1=O. The van der Waals surface area contributed by atoms with Gasteiger partial charge in [-0.15, -0.1) is 0 Å². The molecular weight excluding hydrogens is 246 g/mol. The van der Waals surface area contributed by atoms with Gasteiger partial charge in [0.15, 0.2) is 5.78 Å². The summed E-state index contributed by atoms with van der Waals surface area (Å²) in [7, 11) is 0. The number of aromatic nitrogens is 1. The average Bonchev–Trinajstić information content (AvgIpc) is 2.77. The van der Waals surface area contributed by atoms with Crippen LogP contribution < -0.4 is 5.56 Å². The summed E-state index contributed by atoms with van der Waals surface area (Å²) in [6, 6.07) is 1.72. The molecule has 2 aliphatic rings. The van der Waals surface area contributed by atoms with E-state index in [1.807, 2.05) is 6.92 Å². The third kappa shape index (κ3) is 1.44. The lowest BCUT2D eigenvalue weighted by atomic mass is 9.76. The smallest absolute Gasteiger partial charge is 0.316 e. The zero-order valence-corrected chi connectivity index (χ0v) is 11.0. The van der Waals surface area contributed by atoms with E-state index >= 15 is 0 Å². The van der Waals surface area contributed by atoms with E-state index in [-0.39, 0.29) is 23.9 Å². The Hall–Kier alpha value is -1.91. The molecule has 1 aromatic heterocycles. The molecule has 0 N–H and O–H groups in total. The van der Waals surface area contributed by atoms with Gasteiger partial charge in [0.1, 0.15) is 6.61 Å². The van der Waals surface area contributed by atoms with Gasteiger partial charge < -0.3 is 9.30 Å². The fraction of sp³-hybridized carbons (Fsp3) is 0.500. The van der Waals surface area contributed by atoms with E-state index < -0.39 is 5.41 Å². The van der Waals surface area contributed by atoms with Gasteiger partial charge in [-0.3, -0.25) is 14.4 Å². The van der Waals surface area contributed by atoms with Gasteiger partial charge in [0, 0.05) is 13.0 Å². The maximum absolute atomic E-state index is 12.4. The molecule has 0 amide bonds. The van der Waals surface area contributed by atoms with Crippen LogP contribution in [0.25, 0.3) is 0 Å². The zero-order chi connectivity index (χ0) is 13.8. The van der Waals surface area contributed by atoms with E-state index in [1.165, 1.54) is 4.57 Å². The molecule has 0 aliphatic carbocycles. The zero-order valence-electron chi connectivity index (χ0n) is 11.0. The summed E-state index contributed by atoms with van der Waals surface area (Å²) in [5, 5.41) is 0. The van der Waals surface area contributed by atoms with Crippen molar-refractivity contribution < 1.29 is 14.3 Å². The van der Waals surface area contributed by atoms with Crippen molar-refractivity contribution in [1.82, 2.24) is 4.57 Å². The van der Waals surface area contributed by atoms with Crippen LogP contribution in [-0.4, -0.2) is 16.3 Å². The lowest BCUT2D eigenvalue weighted by molar-refractivity contribution is -0.153.